The molecule has 4 amide bonds. The molecule has 18 N–H and O–H groups in total. The van der Waals surface area contributed by atoms with Gasteiger partial charge in [-0.15, -0.1) is 0 Å². The molecule has 0 saturated carbocycles. The number of hydrogen-bond acceptors (Lipinski definition) is 18. The third-order valence-corrected chi connectivity index (χ3v) is 9.27. The molecule has 0 spiro atoms. The van der Waals surface area contributed by atoms with E-state index in [1.165, 1.54) is 6.92 Å². The van der Waals surface area contributed by atoms with Crippen LogP contribution in [0.4, 0.5) is 0 Å². The minimum Gasteiger partial charge on any atom is -0.480 e. The van der Waals surface area contributed by atoms with Crippen molar-refractivity contribution in [2.75, 3.05) is 32.8 Å². The Hall–Kier alpha value is -4.23. The van der Waals surface area contributed by atoms with Gasteiger partial charge in [0, 0.05) is 70.9 Å². The van der Waals surface area contributed by atoms with E-state index in [1.54, 1.807) is 0 Å². The lowest BCUT2D eigenvalue weighted by molar-refractivity contribution is -0.214. The predicted molar refractivity (Wildman–Crippen MR) is 203 cm³/mol. The molecule has 0 bridgehead atoms. The van der Waals surface area contributed by atoms with Crippen LogP contribution in [0.3, 0.4) is 0 Å². The average Bonchev–Trinajstić information content (AvgIpc) is 3.57. The number of rotatable bonds is 25. The van der Waals surface area contributed by atoms with Gasteiger partial charge in [0.1, 0.15) is 18.2 Å². The fraction of sp³-hybridized carbons (Fsp3) is 0.794. The number of esters is 1. The number of guanidine groups is 1. The number of aliphatic imine (C=N–C) groups is 1. The molecule has 23 heteroatoms. The van der Waals surface area contributed by atoms with Gasteiger partial charge >= 0.3 is 11.9 Å². The van der Waals surface area contributed by atoms with Crippen LogP contribution in [0.5, 0.6) is 0 Å². The summed E-state index contributed by atoms with van der Waals surface area (Å²) < 4.78 is 11.1. The van der Waals surface area contributed by atoms with Crippen LogP contribution in [0.25, 0.3) is 0 Å². The molecule has 23 nitrogen and oxygen atoms in total. The second kappa shape index (κ2) is 25.2. The van der Waals surface area contributed by atoms with Crippen molar-refractivity contribution < 1.29 is 58.7 Å². The second-order valence-corrected chi connectivity index (χ2v) is 14.3. The van der Waals surface area contributed by atoms with Crippen molar-refractivity contribution in [1.29, 1.82) is 0 Å². The number of carboxylic acids is 1. The molecular weight excluding hydrogens is 754 g/mol. The monoisotopic (exact) mass is 817 g/mol. The highest BCUT2D eigenvalue weighted by molar-refractivity contribution is 5.89. The highest BCUT2D eigenvalue weighted by Crippen LogP contribution is 2.24. The number of nitrogens with zero attached hydrogens (tertiary/aromatic N) is 1. The van der Waals surface area contributed by atoms with E-state index in [0.717, 1.165) is 13.3 Å². The summed E-state index contributed by atoms with van der Waals surface area (Å²) in [6.07, 6.45) is -4.03. The normalized spacial score (nSPS) is 25.1. The van der Waals surface area contributed by atoms with Crippen molar-refractivity contribution in [3.05, 3.63) is 0 Å². The summed E-state index contributed by atoms with van der Waals surface area (Å²) in [5.41, 5.74) is 23.0. The third-order valence-electron chi connectivity index (χ3n) is 9.27. The molecule has 0 aromatic rings. The number of nitrogens with two attached hydrogens (primary N) is 4. The topological polar surface area (TPSA) is 390 Å². The maximum atomic E-state index is 13.4. The Balaban J connectivity index is 1.96. The molecule has 0 aromatic carbocycles. The minimum atomic E-state index is -1.67. The minimum absolute atomic E-state index is 0.0507. The first-order valence-corrected chi connectivity index (χ1v) is 19.1. The second-order valence-electron chi connectivity index (χ2n) is 14.3. The largest absolute Gasteiger partial charge is 0.480 e. The number of nitrogens with one attached hydrogen (secondary N) is 6. The summed E-state index contributed by atoms with van der Waals surface area (Å²) in [5.74, 6) is -3.92. The predicted octanol–water partition coefficient (Wildman–Crippen LogP) is -5.97. The molecular formula is C34H63N11O12. The molecule has 0 aliphatic carbocycles. The lowest BCUT2D eigenvalue weighted by Crippen LogP contribution is -2.69. The first-order valence-electron chi connectivity index (χ1n) is 19.1. The Morgan fingerprint density at radius 3 is 2.04 bits per heavy atom. The molecule has 2 rings (SSSR count). The van der Waals surface area contributed by atoms with Crippen LogP contribution in [0.2, 0.25) is 0 Å². The van der Waals surface area contributed by atoms with Gasteiger partial charge in [-0.05, 0) is 45.1 Å². The molecule has 11 atom stereocenters. The van der Waals surface area contributed by atoms with Crippen molar-refractivity contribution in [2.45, 2.75) is 139 Å². The molecule has 326 valence electrons. The first kappa shape index (κ1) is 48.9. The highest BCUT2D eigenvalue weighted by atomic mass is 16.6. The average molecular weight is 818 g/mol. The van der Waals surface area contributed by atoms with E-state index in [2.05, 4.69) is 36.9 Å². The van der Waals surface area contributed by atoms with Crippen LogP contribution in [-0.4, -0.2) is 162 Å². The summed E-state index contributed by atoms with van der Waals surface area (Å²) in [6, 6.07) is -5.39. The Labute approximate surface area is 331 Å². The third kappa shape index (κ3) is 17.4. The number of aliphatic carboxylic acids is 1. The number of hydrogen-bond donors (Lipinski definition) is 14. The molecule has 0 aromatic heterocycles. The molecule has 57 heavy (non-hydrogen) atoms. The van der Waals surface area contributed by atoms with Crippen LogP contribution in [0.15, 0.2) is 4.99 Å². The van der Waals surface area contributed by atoms with Crippen LogP contribution in [0, 0.1) is 0 Å². The fourth-order valence-electron chi connectivity index (χ4n) is 6.45. The van der Waals surface area contributed by atoms with Gasteiger partial charge in [-0.25, -0.2) is 9.79 Å². The van der Waals surface area contributed by atoms with E-state index in [-0.39, 0.29) is 62.6 Å². The number of carboxylic acid groups (broad SMARTS) is 1. The summed E-state index contributed by atoms with van der Waals surface area (Å²) >= 11 is 0. The van der Waals surface area contributed by atoms with Crippen molar-refractivity contribution in [3.63, 3.8) is 0 Å². The molecule has 2 aliphatic rings. The highest BCUT2D eigenvalue weighted by Gasteiger charge is 2.49. The van der Waals surface area contributed by atoms with Crippen molar-refractivity contribution in [2.24, 2.45) is 27.9 Å². The summed E-state index contributed by atoms with van der Waals surface area (Å²) in [5, 5.41) is 57.5. The van der Waals surface area contributed by atoms with Crippen molar-refractivity contribution >= 4 is 41.5 Å². The zero-order chi connectivity index (χ0) is 42.7. The van der Waals surface area contributed by atoms with Gasteiger partial charge in [0.25, 0.3) is 0 Å². The molecule has 1 fully saturated rings. The molecule has 2 heterocycles. The van der Waals surface area contributed by atoms with Gasteiger partial charge in [-0.2, -0.15) is 0 Å². The van der Waals surface area contributed by atoms with Crippen LogP contribution >= 0.6 is 0 Å². The quantitative estimate of drug-likeness (QED) is 0.0301. The summed E-state index contributed by atoms with van der Waals surface area (Å²) in [6.45, 7) is 2.46. The molecule has 1 saturated heterocycles. The molecule has 2 aliphatic heterocycles. The van der Waals surface area contributed by atoms with Crippen LogP contribution < -0.4 is 54.8 Å². The Kier molecular flexibility index (Phi) is 21.6. The summed E-state index contributed by atoms with van der Waals surface area (Å²) in [4.78, 5) is 77.6. The number of aliphatic hydroxyl groups excluding tert-OH is 3. The van der Waals surface area contributed by atoms with Gasteiger partial charge in [0.15, 0.2) is 24.3 Å². The summed E-state index contributed by atoms with van der Waals surface area (Å²) in [7, 11) is 0. The number of carbonyl (C=O) groups excluding carboxylic acids is 5. The number of amides is 4. The van der Waals surface area contributed by atoms with E-state index < -0.39 is 91.2 Å². The van der Waals surface area contributed by atoms with Gasteiger partial charge in [-0.3, -0.25) is 24.0 Å². The SMILES string of the molecule is CC(=O)N[C@@H](CCCNC(=O)C[C@@H](N)CCCNC(=O)C[C@@H](N)CCCN)CC(=O)N[C@@H]1[C@H](O)[C@@H](OC(C)=O)[C@@H](CO)O[C@H]1NC1=N[C@H](C(=O)O)[C@@H]([C@H](O)CN)N1. The van der Waals surface area contributed by atoms with Gasteiger partial charge in [0.2, 0.25) is 23.6 Å². The van der Waals surface area contributed by atoms with Gasteiger partial charge < -0.3 is 84.7 Å². The number of aliphatic hydroxyl groups is 3. The lowest BCUT2D eigenvalue weighted by Gasteiger charge is -2.44. The van der Waals surface area contributed by atoms with E-state index in [1.807, 2.05) is 0 Å². The maximum Gasteiger partial charge on any atom is 0.330 e. The molecule has 0 unspecified atom stereocenters. The van der Waals surface area contributed by atoms with E-state index in [9.17, 15) is 49.2 Å². The maximum absolute atomic E-state index is 13.4. The van der Waals surface area contributed by atoms with Gasteiger partial charge in [-0.1, -0.05) is 0 Å². The standard InChI is InChI=1S/C34H63N11O12/c1-17(47)41-21(8-5-11-40-25(51)13-20(38)7-4-10-39-24(50)12-19(37)6-3-9-35)14-26(52)42-29-30(53)31(56-18(2)48)23(16-46)57-32(29)45-34-43-27(22(49)15-36)28(44-34)33(54)55/h19-23,27-32,46,49,53H,3-16,35-38H2,1-2H3,(H,39,50)(H,40,51)(H,41,47)(H,42,52)(H,54,55)(H2,43,44,45)/t19-,20-,21-,22+,23+,27+,28-,29+,30-,31-,32+/m0/s1. The van der Waals surface area contributed by atoms with E-state index >= 15 is 0 Å². The fourth-order valence-corrected chi connectivity index (χ4v) is 6.45. The smallest absolute Gasteiger partial charge is 0.330 e. The van der Waals surface area contributed by atoms with Crippen LogP contribution in [0.1, 0.15) is 71.6 Å². The van der Waals surface area contributed by atoms with Crippen molar-refractivity contribution in [1.82, 2.24) is 31.9 Å². The zero-order valence-corrected chi connectivity index (χ0v) is 32.6. The zero-order valence-electron chi connectivity index (χ0n) is 32.6. The van der Waals surface area contributed by atoms with Crippen LogP contribution in [-0.2, 0) is 38.2 Å². The molecule has 0 radical (unpaired) electrons. The lowest BCUT2D eigenvalue weighted by atomic mass is 9.95. The van der Waals surface area contributed by atoms with E-state index in [0.29, 0.717) is 38.8 Å². The Bertz CT molecular complexity index is 1360. The Morgan fingerprint density at radius 1 is 0.912 bits per heavy atom. The van der Waals surface area contributed by atoms with E-state index in [4.69, 9.17) is 32.4 Å². The van der Waals surface area contributed by atoms with Gasteiger partial charge in [0.05, 0.1) is 18.8 Å². The Morgan fingerprint density at radius 2 is 1.51 bits per heavy atom. The number of carbonyl (C=O) groups is 6. The number of ether oxygens (including phenoxy) is 2. The van der Waals surface area contributed by atoms with Crippen molar-refractivity contribution in [3.8, 4) is 0 Å². The first-order chi connectivity index (χ1) is 27.0.